The summed E-state index contributed by atoms with van der Waals surface area (Å²) in [5.74, 6) is 2.89. The molecule has 3 saturated heterocycles. The van der Waals surface area contributed by atoms with Gasteiger partial charge in [0.05, 0.1) is 16.1 Å². The van der Waals surface area contributed by atoms with Gasteiger partial charge in [0.25, 0.3) is 0 Å². The smallest absolute Gasteiger partial charge is 0.0790 e. The molecule has 2 nitrogen and oxygen atoms in total. The highest BCUT2D eigenvalue weighted by Crippen LogP contribution is 2.55. The summed E-state index contributed by atoms with van der Waals surface area (Å²) >= 11 is 4.30. The minimum Gasteiger partial charge on any atom is -0.297 e. The number of nitriles is 1. The number of hydrogen-bond donors (Lipinski definition) is 0. The first-order chi connectivity index (χ1) is 7.86. The van der Waals surface area contributed by atoms with Crippen molar-refractivity contribution in [3.63, 3.8) is 0 Å². The Bertz CT molecular complexity index is 307. The van der Waals surface area contributed by atoms with Crippen LogP contribution in [0.15, 0.2) is 0 Å². The Hall–Kier alpha value is 0.150. The SMILES string of the molecule is N#C[C@@H]1CCCN2CCC3(SCCCS3)[C@H]12. The third-order valence-corrected chi connectivity index (χ3v) is 7.64. The second-order valence-electron chi connectivity index (χ2n) is 4.97. The molecule has 2 atom stereocenters. The minimum absolute atomic E-state index is 0.286. The summed E-state index contributed by atoms with van der Waals surface area (Å²) in [7, 11) is 0. The van der Waals surface area contributed by atoms with E-state index in [1.54, 1.807) is 0 Å². The normalized spacial score (nSPS) is 38.2. The molecule has 0 amide bonds. The number of nitrogens with zero attached hydrogens (tertiary/aromatic N) is 2. The van der Waals surface area contributed by atoms with Gasteiger partial charge in [0.1, 0.15) is 0 Å². The first-order valence-electron chi connectivity index (χ1n) is 6.27. The van der Waals surface area contributed by atoms with Crippen molar-refractivity contribution in [2.24, 2.45) is 5.92 Å². The molecule has 0 unspecified atom stereocenters. The lowest BCUT2D eigenvalue weighted by Crippen LogP contribution is -2.49. The van der Waals surface area contributed by atoms with Crippen LogP contribution in [0, 0.1) is 17.2 Å². The maximum Gasteiger partial charge on any atom is 0.0790 e. The quantitative estimate of drug-likeness (QED) is 0.664. The van der Waals surface area contributed by atoms with Crippen LogP contribution in [-0.4, -0.2) is 39.6 Å². The second-order valence-corrected chi connectivity index (χ2v) is 8.08. The third kappa shape index (κ3) is 1.68. The van der Waals surface area contributed by atoms with Gasteiger partial charge in [-0.05, 0) is 43.7 Å². The zero-order chi connectivity index (χ0) is 11.0. The van der Waals surface area contributed by atoms with Crippen LogP contribution in [0.25, 0.3) is 0 Å². The van der Waals surface area contributed by atoms with E-state index < -0.39 is 0 Å². The molecule has 3 aliphatic rings. The summed E-state index contributed by atoms with van der Waals surface area (Å²) in [6.07, 6.45) is 4.99. The largest absolute Gasteiger partial charge is 0.297 e. The van der Waals surface area contributed by atoms with E-state index in [1.807, 2.05) is 0 Å². The Morgan fingerprint density at radius 1 is 1.19 bits per heavy atom. The van der Waals surface area contributed by atoms with Crippen LogP contribution >= 0.6 is 23.5 Å². The third-order valence-electron chi connectivity index (χ3n) is 4.08. The summed E-state index contributed by atoms with van der Waals surface area (Å²) < 4.78 is 0.374. The van der Waals surface area contributed by atoms with E-state index in [9.17, 15) is 5.26 Å². The number of thioether (sulfide) groups is 2. The molecule has 0 N–H and O–H groups in total. The molecule has 0 radical (unpaired) electrons. The van der Waals surface area contributed by atoms with Crippen LogP contribution in [0.3, 0.4) is 0 Å². The van der Waals surface area contributed by atoms with Gasteiger partial charge in [-0.25, -0.2) is 0 Å². The molecule has 3 heterocycles. The molecule has 3 rings (SSSR count). The van der Waals surface area contributed by atoms with Gasteiger partial charge in [-0.15, -0.1) is 23.5 Å². The predicted molar refractivity (Wildman–Crippen MR) is 70.6 cm³/mol. The van der Waals surface area contributed by atoms with E-state index >= 15 is 0 Å². The maximum absolute atomic E-state index is 9.36. The highest BCUT2D eigenvalue weighted by atomic mass is 32.2. The van der Waals surface area contributed by atoms with Gasteiger partial charge >= 0.3 is 0 Å². The van der Waals surface area contributed by atoms with Crippen molar-refractivity contribution in [1.82, 2.24) is 4.90 Å². The fourth-order valence-corrected chi connectivity index (χ4v) is 7.11. The Morgan fingerprint density at radius 2 is 2.00 bits per heavy atom. The van der Waals surface area contributed by atoms with Crippen LogP contribution in [0.4, 0.5) is 0 Å². The van der Waals surface area contributed by atoms with Crippen LogP contribution in [0.1, 0.15) is 25.7 Å². The van der Waals surface area contributed by atoms with Crippen molar-refractivity contribution in [1.29, 1.82) is 5.26 Å². The van der Waals surface area contributed by atoms with Crippen molar-refractivity contribution in [3.8, 4) is 6.07 Å². The van der Waals surface area contributed by atoms with Crippen LogP contribution in [0.5, 0.6) is 0 Å². The first kappa shape index (κ1) is 11.3. The number of rotatable bonds is 0. The fraction of sp³-hybridized carbons (Fsp3) is 0.917. The van der Waals surface area contributed by atoms with Crippen molar-refractivity contribution < 1.29 is 0 Å². The van der Waals surface area contributed by atoms with Crippen LogP contribution < -0.4 is 0 Å². The molecule has 4 heteroatoms. The standard InChI is InChI=1S/C12H18N2S2/c13-9-10-3-1-5-14-6-4-12(11(10)14)15-7-2-8-16-12/h10-11H,1-8H2/t10-,11-/m0/s1. The van der Waals surface area contributed by atoms with E-state index in [0.29, 0.717) is 10.1 Å². The first-order valence-corrected chi connectivity index (χ1v) is 8.24. The fourth-order valence-electron chi connectivity index (χ4n) is 3.39. The van der Waals surface area contributed by atoms with E-state index in [0.717, 1.165) is 6.42 Å². The zero-order valence-corrected chi connectivity index (χ0v) is 11.2. The lowest BCUT2D eigenvalue weighted by Gasteiger charge is -2.44. The zero-order valence-electron chi connectivity index (χ0n) is 9.52. The molecule has 3 fully saturated rings. The Balaban J connectivity index is 1.87. The highest BCUT2D eigenvalue weighted by molar-refractivity contribution is 8.18. The summed E-state index contributed by atoms with van der Waals surface area (Å²) in [5.41, 5.74) is 0. The summed E-state index contributed by atoms with van der Waals surface area (Å²) in [4.78, 5) is 2.60. The lowest BCUT2D eigenvalue weighted by molar-refractivity contribution is 0.160. The predicted octanol–water partition coefficient (Wildman–Crippen LogP) is 2.56. The average molecular weight is 254 g/mol. The van der Waals surface area contributed by atoms with Crippen LogP contribution in [-0.2, 0) is 0 Å². The number of hydrogen-bond acceptors (Lipinski definition) is 4. The molecule has 0 saturated carbocycles. The molecule has 0 aromatic carbocycles. The van der Waals surface area contributed by atoms with Crippen molar-refractivity contribution >= 4 is 23.5 Å². The lowest BCUT2D eigenvalue weighted by atomic mass is 9.90. The molecular formula is C12H18N2S2. The van der Waals surface area contributed by atoms with Crippen molar-refractivity contribution in [2.45, 2.75) is 35.8 Å². The van der Waals surface area contributed by atoms with Gasteiger partial charge in [-0.2, -0.15) is 5.26 Å². The Labute approximate surface area is 106 Å². The van der Waals surface area contributed by atoms with Gasteiger partial charge < -0.3 is 0 Å². The van der Waals surface area contributed by atoms with Gasteiger partial charge in [0.15, 0.2) is 0 Å². The van der Waals surface area contributed by atoms with Gasteiger partial charge in [-0.3, -0.25) is 4.90 Å². The Kier molecular flexibility index (Phi) is 3.12. The molecule has 0 aromatic heterocycles. The van der Waals surface area contributed by atoms with E-state index in [1.165, 1.54) is 43.9 Å². The van der Waals surface area contributed by atoms with E-state index in [-0.39, 0.29) is 5.92 Å². The number of fused-ring (bicyclic) bond motifs is 2. The molecule has 0 bridgehead atoms. The second kappa shape index (κ2) is 4.44. The van der Waals surface area contributed by atoms with Crippen LogP contribution in [0.2, 0.25) is 0 Å². The van der Waals surface area contributed by atoms with Gasteiger partial charge in [0.2, 0.25) is 0 Å². The number of piperidine rings is 1. The maximum atomic E-state index is 9.36. The highest BCUT2D eigenvalue weighted by Gasteiger charge is 2.53. The Morgan fingerprint density at radius 3 is 2.75 bits per heavy atom. The molecule has 1 spiro atoms. The molecule has 0 aromatic rings. The summed E-state index contributed by atoms with van der Waals surface area (Å²) in [5, 5.41) is 9.36. The molecule has 16 heavy (non-hydrogen) atoms. The molecule has 3 aliphatic heterocycles. The minimum atomic E-state index is 0.286. The average Bonchev–Trinajstić information content (AvgIpc) is 2.70. The van der Waals surface area contributed by atoms with Crippen molar-refractivity contribution in [3.05, 3.63) is 0 Å². The monoisotopic (exact) mass is 254 g/mol. The molecule has 0 aliphatic carbocycles. The van der Waals surface area contributed by atoms with Crippen molar-refractivity contribution in [2.75, 3.05) is 24.6 Å². The summed E-state index contributed by atoms with van der Waals surface area (Å²) in [6, 6.07) is 3.12. The van der Waals surface area contributed by atoms with Gasteiger partial charge in [-0.1, -0.05) is 0 Å². The molecule has 88 valence electrons. The summed E-state index contributed by atoms with van der Waals surface area (Å²) in [6.45, 7) is 2.45. The van der Waals surface area contributed by atoms with Gasteiger partial charge in [0, 0.05) is 12.6 Å². The topological polar surface area (TPSA) is 27.0 Å². The molecular weight excluding hydrogens is 236 g/mol. The van der Waals surface area contributed by atoms with E-state index in [4.69, 9.17) is 0 Å². The van der Waals surface area contributed by atoms with E-state index in [2.05, 4.69) is 34.5 Å².